The van der Waals surface area contributed by atoms with Gasteiger partial charge in [0, 0.05) is 24.7 Å². The summed E-state index contributed by atoms with van der Waals surface area (Å²) in [5.41, 5.74) is 2.97. The molecule has 1 saturated heterocycles. The topological polar surface area (TPSA) is 67.4 Å². The van der Waals surface area contributed by atoms with Crippen molar-refractivity contribution < 1.29 is 13.9 Å². The molecule has 0 unspecified atom stereocenters. The van der Waals surface area contributed by atoms with Crippen molar-refractivity contribution in [2.24, 2.45) is 5.92 Å². The molecule has 1 aliphatic rings. The van der Waals surface area contributed by atoms with Crippen molar-refractivity contribution in [1.29, 1.82) is 0 Å². The van der Waals surface area contributed by atoms with E-state index in [1.54, 1.807) is 20.1 Å². The molecule has 1 aromatic heterocycles. The second-order valence-electron chi connectivity index (χ2n) is 7.26. The average Bonchev–Trinajstić information content (AvgIpc) is 2.74. The maximum atomic E-state index is 13.3. The summed E-state index contributed by atoms with van der Waals surface area (Å²) in [4.78, 5) is 24.1. The lowest BCUT2D eigenvalue weighted by atomic mass is 9.95. The molecule has 1 aliphatic heterocycles. The summed E-state index contributed by atoms with van der Waals surface area (Å²) < 4.78 is 18.7. The number of carbonyl (C=O) groups excluding carboxylic acids is 1. The van der Waals surface area contributed by atoms with E-state index in [0.717, 1.165) is 11.0 Å². The van der Waals surface area contributed by atoms with Crippen LogP contribution in [0.25, 0.3) is 11.0 Å². The van der Waals surface area contributed by atoms with E-state index >= 15 is 0 Å². The fourth-order valence-corrected chi connectivity index (χ4v) is 3.67. The number of halogens is 1. The number of hydrogen-bond acceptors (Lipinski definition) is 5. The van der Waals surface area contributed by atoms with Crippen LogP contribution >= 0.6 is 0 Å². The van der Waals surface area contributed by atoms with Crippen LogP contribution in [-0.2, 0) is 4.79 Å². The van der Waals surface area contributed by atoms with E-state index < -0.39 is 0 Å². The number of aryl methyl sites for hydroxylation is 1. The third-order valence-corrected chi connectivity index (χ3v) is 5.33. The molecule has 150 valence electrons. The zero-order chi connectivity index (χ0) is 20.4. The molecule has 6 nitrogen and oxygen atoms in total. The molecule has 0 radical (unpaired) electrons. The summed E-state index contributed by atoms with van der Waals surface area (Å²) in [7, 11) is 1.59. The number of amides is 1. The zero-order valence-corrected chi connectivity index (χ0v) is 16.5. The van der Waals surface area contributed by atoms with Gasteiger partial charge in [0.2, 0.25) is 5.91 Å². The number of hydrogen-bond donors (Lipinski definition) is 1. The number of carbonyl (C=O) groups is 1. The molecular formula is C22H23FN4O2. The van der Waals surface area contributed by atoms with E-state index in [1.165, 1.54) is 12.1 Å². The number of nitrogens with one attached hydrogen (secondary N) is 1. The minimum absolute atomic E-state index is 0.0316. The highest BCUT2D eigenvalue weighted by Crippen LogP contribution is 2.30. The van der Waals surface area contributed by atoms with Crippen molar-refractivity contribution in [3.05, 3.63) is 53.8 Å². The summed E-state index contributed by atoms with van der Waals surface area (Å²) in [5, 5.41) is 2.93. The van der Waals surface area contributed by atoms with Crippen molar-refractivity contribution in [1.82, 2.24) is 9.97 Å². The Bertz CT molecular complexity index is 1050. The number of ether oxygens (including phenoxy) is 1. The lowest BCUT2D eigenvalue weighted by molar-refractivity contribution is -0.120. The van der Waals surface area contributed by atoms with Crippen LogP contribution in [0, 0.1) is 18.7 Å². The van der Waals surface area contributed by atoms with Gasteiger partial charge in [0.25, 0.3) is 5.88 Å². The van der Waals surface area contributed by atoms with E-state index in [0.29, 0.717) is 48.9 Å². The number of aromatic nitrogens is 2. The molecule has 4 rings (SSSR count). The lowest BCUT2D eigenvalue weighted by Gasteiger charge is -2.32. The molecule has 7 heteroatoms. The Balaban J connectivity index is 1.45. The zero-order valence-electron chi connectivity index (χ0n) is 16.5. The largest absolute Gasteiger partial charge is 0.478 e. The van der Waals surface area contributed by atoms with Gasteiger partial charge in [-0.05, 0) is 55.7 Å². The number of rotatable bonds is 4. The monoisotopic (exact) mass is 394 g/mol. The summed E-state index contributed by atoms with van der Waals surface area (Å²) in [6.07, 6.45) is 1.40. The van der Waals surface area contributed by atoms with Gasteiger partial charge in [0.15, 0.2) is 5.82 Å². The summed E-state index contributed by atoms with van der Waals surface area (Å²) >= 11 is 0. The molecule has 0 aliphatic carbocycles. The Morgan fingerprint density at radius 3 is 2.48 bits per heavy atom. The number of para-hydroxylation sites is 2. The summed E-state index contributed by atoms with van der Waals surface area (Å²) in [6.45, 7) is 3.15. The number of fused-ring (bicyclic) bond motifs is 1. The maximum Gasteiger partial charge on any atom is 0.257 e. The van der Waals surface area contributed by atoms with Gasteiger partial charge in [-0.25, -0.2) is 14.4 Å². The number of nitrogens with zero attached hydrogens (tertiary/aromatic N) is 3. The molecule has 0 bridgehead atoms. The van der Waals surface area contributed by atoms with Crippen LogP contribution in [0.15, 0.2) is 42.5 Å². The van der Waals surface area contributed by atoms with Crippen LogP contribution < -0.4 is 15.0 Å². The van der Waals surface area contributed by atoms with E-state index in [9.17, 15) is 9.18 Å². The maximum absolute atomic E-state index is 13.3. The van der Waals surface area contributed by atoms with Gasteiger partial charge in [0.1, 0.15) is 5.82 Å². The molecular weight excluding hydrogens is 371 g/mol. The van der Waals surface area contributed by atoms with Crippen LogP contribution in [0.3, 0.4) is 0 Å². The van der Waals surface area contributed by atoms with E-state index in [-0.39, 0.29) is 17.6 Å². The minimum Gasteiger partial charge on any atom is -0.478 e. The van der Waals surface area contributed by atoms with Gasteiger partial charge in [-0.2, -0.15) is 0 Å². The SMILES string of the molecule is COc1nc2ccccc2nc1N1CCC(C(=O)Nc2ccc(F)cc2C)CC1. The second kappa shape index (κ2) is 8.03. The van der Waals surface area contributed by atoms with Crippen molar-refractivity contribution in [3.63, 3.8) is 0 Å². The van der Waals surface area contributed by atoms with Crippen LogP contribution in [-0.4, -0.2) is 36.1 Å². The third kappa shape index (κ3) is 3.99. The predicted octanol–water partition coefficient (Wildman–Crippen LogP) is 3.94. The molecule has 0 spiro atoms. The van der Waals surface area contributed by atoms with Crippen molar-refractivity contribution >= 4 is 28.4 Å². The minimum atomic E-state index is -0.306. The number of methoxy groups -OCH3 is 1. The van der Waals surface area contributed by atoms with E-state index in [4.69, 9.17) is 9.72 Å². The van der Waals surface area contributed by atoms with Crippen molar-refractivity contribution in [2.75, 3.05) is 30.4 Å². The second-order valence-corrected chi connectivity index (χ2v) is 7.26. The van der Waals surface area contributed by atoms with Crippen LogP contribution in [0.1, 0.15) is 18.4 Å². The number of benzene rings is 2. The highest BCUT2D eigenvalue weighted by atomic mass is 19.1. The molecule has 0 atom stereocenters. The fraction of sp³-hybridized carbons (Fsp3) is 0.318. The average molecular weight is 394 g/mol. The molecule has 2 heterocycles. The van der Waals surface area contributed by atoms with Gasteiger partial charge < -0.3 is 15.0 Å². The van der Waals surface area contributed by atoms with Crippen LogP contribution in [0.2, 0.25) is 0 Å². The third-order valence-electron chi connectivity index (χ3n) is 5.33. The molecule has 1 fully saturated rings. The standard InChI is InChI=1S/C22H23FN4O2/c1-14-13-16(23)7-8-17(14)25-21(28)15-9-11-27(12-10-15)20-22(29-2)26-19-6-4-3-5-18(19)24-20/h3-8,13,15H,9-12H2,1-2H3,(H,25,28). The smallest absolute Gasteiger partial charge is 0.257 e. The Morgan fingerprint density at radius 2 is 1.83 bits per heavy atom. The first-order valence-corrected chi connectivity index (χ1v) is 9.68. The molecule has 1 N–H and O–H groups in total. The molecule has 29 heavy (non-hydrogen) atoms. The van der Waals surface area contributed by atoms with Crippen molar-refractivity contribution in [3.8, 4) is 5.88 Å². The van der Waals surface area contributed by atoms with Crippen molar-refractivity contribution in [2.45, 2.75) is 19.8 Å². The summed E-state index contributed by atoms with van der Waals surface area (Å²) in [6, 6.07) is 12.1. The first kappa shape index (κ1) is 19.1. The number of piperidine rings is 1. The fourth-order valence-electron chi connectivity index (χ4n) is 3.67. The van der Waals surface area contributed by atoms with E-state index in [2.05, 4.69) is 15.2 Å². The highest BCUT2D eigenvalue weighted by molar-refractivity contribution is 5.93. The van der Waals surface area contributed by atoms with Gasteiger partial charge in [-0.1, -0.05) is 12.1 Å². The molecule has 0 saturated carbocycles. The first-order chi connectivity index (χ1) is 14.0. The first-order valence-electron chi connectivity index (χ1n) is 9.68. The predicted molar refractivity (Wildman–Crippen MR) is 111 cm³/mol. The van der Waals surface area contributed by atoms with Crippen LogP contribution in [0.4, 0.5) is 15.9 Å². The molecule has 3 aromatic rings. The molecule has 2 aromatic carbocycles. The highest BCUT2D eigenvalue weighted by Gasteiger charge is 2.28. The van der Waals surface area contributed by atoms with Crippen LogP contribution in [0.5, 0.6) is 5.88 Å². The molecule has 1 amide bonds. The van der Waals surface area contributed by atoms with Gasteiger partial charge >= 0.3 is 0 Å². The Labute approximate surface area is 168 Å². The van der Waals surface area contributed by atoms with Gasteiger partial charge in [-0.3, -0.25) is 4.79 Å². The van der Waals surface area contributed by atoms with E-state index in [1.807, 2.05) is 24.3 Å². The normalized spacial score (nSPS) is 14.8. The Hall–Kier alpha value is -3.22. The number of anilines is 2. The summed E-state index contributed by atoms with van der Waals surface area (Å²) in [5.74, 6) is 0.762. The van der Waals surface area contributed by atoms with Gasteiger partial charge in [0.05, 0.1) is 18.1 Å². The lowest BCUT2D eigenvalue weighted by Crippen LogP contribution is -2.39. The quantitative estimate of drug-likeness (QED) is 0.726. The van der Waals surface area contributed by atoms with Gasteiger partial charge in [-0.15, -0.1) is 0 Å². The Morgan fingerprint density at radius 1 is 1.14 bits per heavy atom. The Kier molecular flexibility index (Phi) is 5.29.